The van der Waals surface area contributed by atoms with E-state index >= 15 is 0 Å². The zero-order valence-corrected chi connectivity index (χ0v) is 36.6. The molecule has 12 N–H and O–H groups in total. The van der Waals surface area contributed by atoms with Gasteiger partial charge in [-0.1, -0.05) is 72.8 Å². The average Bonchev–Trinajstić information content (AvgIpc) is 4.18. The summed E-state index contributed by atoms with van der Waals surface area (Å²) in [5.74, 6) is 0. The van der Waals surface area contributed by atoms with Crippen LogP contribution in [-0.2, 0) is 0 Å². The second-order valence-corrected chi connectivity index (χ2v) is 14.7. The van der Waals surface area contributed by atoms with Crippen molar-refractivity contribution in [2.75, 3.05) is 0 Å². The first-order valence-electron chi connectivity index (χ1n) is 19.7. The maximum atomic E-state index is 4.11. The molecule has 0 fully saturated rings. The van der Waals surface area contributed by atoms with Gasteiger partial charge in [-0.15, -0.1) is 67.1 Å². The van der Waals surface area contributed by atoms with Gasteiger partial charge in [-0.25, -0.2) is 0 Å². The van der Waals surface area contributed by atoms with Crippen molar-refractivity contribution >= 4 is 85.6 Å². The van der Waals surface area contributed by atoms with E-state index in [0.717, 1.165) is 67.1 Å². The number of hydrogen-bond donors (Lipinski definition) is 12. The molecule has 0 aromatic carbocycles. The van der Waals surface area contributed by atoms with Gasteiger partial charge in [-0.2, -0.15) is 61.2 Å². The molecule has 0 aliphatic carbocycles. The molecule has 12 rings (SSSR count). The van der Waals surface area contributed by atoms with Crippen molar-refractivity contribution in [3.8, 4) is 0 Å². The summed E-state index contributed by atoms with van der Waals surface area (Å²) in [4.78, 5) is 0. The van der Waals surface area contributed by atoms with E-state index in [-0.39, 0.29) is 41.7 Å². The maximum absolute atomic E-state index is 4.11. The third-order valence-electron chi connectivity index (χ3n) is 11.9. The Kier molecular flexibility index (Phi) is 11.8. The van der Waals surface area contributed by atoms with Crippen molar-refractivity contribution < 1.29 is 41.7 Å². The van der Waals surface area contributed by atoms with Gasteiger partial charge < -0.3 is 61.2 Å². The van der Waals surface area contributed by atoms with Crippen LogP contribution in [-0.4, -0.2) is 141 Å². The molecule has 0 atom stereocenters. The number of hydrogen-bond acceptors (Lipinski definition) is 12. The van der Waals surface area contributed by atoms with Crippen LogP contribution in [0.3, 0.4) is 0 Å². The second-order valence-electron chi connectivity index (χ2n) is 14.7. The Morgan fingerprint density at radius 1 is 0.188 bits per heavy atom. The Morgan fingerprint density at radius 3 is 0.344 bits per heavy atom. The van der Waals surface area contributed by atoms with Crippen LogP contribution in [0.5, 0.6) is 0 Å². The number of aromatic nitrogens is 24. The Labute approximate surface area is 394 Å². The van der Waals surface area contributed by atoms with Crippen LogP contribution in [0.15, 0.2) is 147 Å². The van der Waals surface area contributed by atoms with E-state index < -0.39 is 18.4 Å². The summed E-state index contributed by atoms with van der Waals surface area (Å²) in [7, 11) is 0. The Morgan fingerprint density at radius 2 is 0.281 bits per heavy atom. The summed E-state index contributed by atoms with van der Waals surface area (Å²) >= 11 is 0. The first kappa shape index (κ1) is 41.4. The third-order valence-corrected chi connectivity index (χ3v) is 11.9. The van der Waals surface area contributed by atoms with Crippen molar-refractivity contribution in [1.29, 1.82) is 0 Å². The standard InChI is InChI=1S/3C12H12BN8.Ce/c3*1-5-14-18-9(1)13(10-2-6-15-19-10,11-3-7-16-20-11)12-4-8-17-21-12;/h3*1-8H,(H,14,18)(H,15,19)(H,16,20)(H,17,21);/q3*-1;+3. The minimum absolute atomic E-state index is 0. The Hall–Kier alpha value is -7.91. The van der Waals surface area contributed by atoms with E-state index in [4.69, 9.17) is 0 Å². The molecule has 0 aliphatic rings. The first-order valence-corrected chi connectivity index (χ1v) is 19.7. The maximum Gasteiger partial charge on any atom is 3.00 e. The minimum Gasteiger partial charge on any atom is -0.320 e. The molecule has 1 radical (unpaired) electrons. The zero-order chi connectivity index (χ0) is 42.4. The molecule has 12 aromatic heterocycles. The van der Waals surface area contributed by atoms with Gasteiger partial charge in [0.15, 0.2) is 18.4 Å². The molecule has 0 unspecified atom stereocenters. The Bertz CT molecular complexity index is 2270. The number of nitrogens with zero attached hydrogens (tertiary/aromatic N) is 12. The van der Waals surface area contributed by atoms with Crippen molar-refractivity contribution in [2.45, 2.75) is 0 Å². The minimum atomic E-state index is -1.53. The molecule has 0 amide bonds. The van der Waals surface area contributed by atoms with Crippen LogP contribution in [0, 0.1) is 41.7 Å². The van der Waals surface area contributed by atoms with Crippen LogP contribution >= 0.6 is 0 Å². The monoisotopic (exact) mass is 977 g/mol. The van der Waals surface area contributed by atoms with Crippen LogP contribution in [0.2, 0.25) is 0 Å². The smallest absolute Gasteiger partial charge is 0.320 e. The molecule has 28 heteroatoms. The topological polar surface area (TPSA) is 344 Å². The van der Waals surface area contributed by atoms with E-state index in [1.165, 1.54) is 0 Å². The van der Waals surface area contributed by atoms with Crippen molar-refractivity contribution in [1.82, 2.24) is 122 Å². The van der Waals surface area contributed by atoms with Crippen molar-refractivity contribution in [3.63, 3.8) is 0 Å². The molecule has 12 heterocycles. The van der Waals surface area contributed by atoms with E-state index in [2.05, 4.69) is 122 Å². The zero-order valence-electron chi connectivity index (χ0n) is 33.5. The van der Waals surface area contributed by atoms with Gasteiger partial charge >= 0.3 is 41.7 Å². The molecule has 313 valence electrons. The largest absolute Gasteiger partial charge is 3.00 e. The van der Waals surface area contributed by atoms with Gasteiger partial charge in [-0.05, 0) is 0 Å². The Balaban J connectivity index is 0.000000121. The fourth-order valence-corrected chi connectivity index (χ4v) is 9.11. The molecule has 0 saturated heterocycles. The molecular formula is C36H36B3CeN24. The molecule has 0 saturated carbocycles. The van der Waals surface area contributed by atoms with Gasteiger partial charge in [0.05, 0.1) is 0 Å². The number of nitrogens with one attached hydrogen (secondary N) is 12. The van der Waals surface area contributed by atoms with Crippen LogP contribution in [0.4, 0.5) is 0 Å². The SMILES string of the molecule is [Ce+3].c1cc([B-](c2ccn[nH]2)(c2ccn[nH]2)c2ccn[nH]2)[nH]n1.c1cc([B-](c2ccn[nH]2)(c2ccn[nH]2)c2ccn[nH]2)[nH]n1.c1cc([B-](c2ccn[nH]2)(c2ccn[nH]2)c2ccn[nH]2)[nH]n1. The predicted octanol–water partition coefficient (Wildman–Crippen LogP) is -6.13. The second kappa shape index (κ2) is 18.2. The molecule has 0 spiro atoms. The van der Waals surface area contributed by atoms with Crippen LogP contribution in [0.1, 0.15) is 0 Å². The van der Waals surface area contributed by atoms with Gasteiger partial charge in [0.1, 0.15) is 0 Å². The van der Waals surface area contributed by atoms with Gasteiger partial charge in [0, 0.05) is 74.4 Å². The summed E-state index contributed by atoms with van der Waals surface area (Å²) < 4.78 is 0. The van der Waals surface area contributed by atoms with E-state index in [1.807, 2.05) is 72.8 Å². The average molecular weight is 977 g/mol. The quantitative estimate of drug-likeness (QED) is 0.0510. The van der Waals surface area contributed by atoms with E-state index in [0.29, 0.717) is 0 Å². The van der Waals surface area contributed by atoms with Crippen LogP contribution < -0.4 is 67.1 Å². The molecule has 0 aliphatic heterocycles. The first-order chi connectivity index (χ1) is 31.3. The summed E-state index contributed by atoms with van der Waals surface area (Å²) in [5.41, 5.74) is 11.3. The molecule has 0 bridgehead atoms. The molecule has 64 heavy (non-hydrogen) atoms. The number of rotatable bonds is 12. The fraction of sp³-hybridized carbons (Fsp3) is 0. The van der Waals surface area contributed by atoms with E-state index in [1.54, 1.807) is 74.4 Å². The van der Waals surface area contributed by atoms with Crippen LogP contribution in [0.25, 0.3) is 0 Å². The number of aromatic amines is 12. The molecule has 12 aromatic rings. The van der Waals surface area contributed by atoms with Crippen molar-refractivity contribution in [2.24, 2.45) is 0 Å². The molecular weight excluding hydrogens is 941 g/mol. The normalized spacial score (nSPS) is 11.6. The fourth-order valence-electron chi connectivity index (χ4n) is 9.11. The van der Waals surface area contributed by atoms with Crippen molar-refractivity contribution in [3.05, 3.63) is 147 Å². The summed E-state index contributed by atoms with van der Waals surface area (Å²) in [6.07, 6.45) is 16.2. The number of H-pyrrole nitrogens is 12. The third kappa shape index (κ3) is 6.95. The van der Waals surface area contributed by atoms with Gasteiger partial charge in [-0.3, -0.25) is 0 Å². The molecule has 24 nitrogen and oxygen atoms in total. The van der Waals surface area contributed by atoms with Gasteiger partial charge in [0.2, 0.25) is 0 Å². The van der Waals surface area contributed by atoms with E-state index in [9.17, 15) is 0 Å². The predicted molar refractivity (Wildman–Crippen MR) is 236 cm³/mol. The summed E-state index contributed by atoms with van der Waals surface area (Å²) in [6, 6.07) is 23.4. The summed E-state index contributed by atoms with van der Waals surface area (Å²) in [6.45, 7) is 0. The summed E-state index contributed by atoms with van der Waals surface area (Å²) in [5, 5.41) is 86.2. The van der Waals surface area contributed by atoms with Gasteiger partial charge in [0.25, 0.3) is 0 Å².